The Bertz CT molecular complexity index is 383. The Morgan fingerprint density at radius 2 is 1.27 bits per heavy atom. The minimum Gasteiger partial charge on any atom is -0.205 e. The van der Waals surface area contributed by atoms with Crippen molar-refractivity contribution in [2.75, 3.05) is 0 Å². The summed E-state index contributed by atoms with van der Waals surface area (Å²) in [4.78, 5) is 0. The zero-order valence-electron chi connectivity index (χ0n) is 15.4. The predicted octanol–water partition coefficient (Wildman–Crippen LogP) is 6.02. The second kappa shape index (κ2) is 12.7. The molecule has 1 heteroatoms. The van der Waals surface area contributed by atoms with Crippen LogP contribution >= 0.6 is 0 Å². The first-order valence-corrected chi connectivity index (χ1v) is 9.82. The second-order valence-electron chi connectivity index (χ2n) is 6.71. The van der Waals surface area contributed by atoms with Crippen LogP contribution in [0.2, 0.25) is 0 Å². The van der Waals surface area contributed by atoms with Crippen LogP contribution in [0.3, 0.4) is 0 Å². The summed E-state index contributed by atoms with van der Waals surface area (Å²) in [5.41, 5.74) is 3.19. The van der Waals surface area contributed by atoms with Crippen molar-refractivity contribution in [3.8, 4) is 0 Å². The lowest BCUT2D eigenvalue weighted by atomic mass is 10.00. The molecule has 0 amide bonds. The molecule has 0 spiro atoms. The van der Waals surface area contributed by atoms with Gasteiger partial charge in [0.15, 0.2) is 12.4 Å². The van der Waals surface area contributed by atoms with Crippen molar-refractivity contribution < 1.29 is 4.57 Å². The third kappa shape index (κ3) is 7.96. The van der Waals surface area contributed by atoms with Gasteiger partial charge in [-0.05, 0) is 37.7 Å². The molecule has 1 aromatic heterocycles. The van der Waals surface area contributed by atoms with Gasteiger partial charge in [-0.15, -0.1) is 0 Å². The summed E-state index contributed by atoms with van der Waals surface area (Å²) in [7, 11) is 0. The topological polar surface area (TPSA) is 3.88 Å². The van der Waals surface area contributed by atoms with Crippen LogP contribution < -0.4 is 4.57 Å². The highest BCUT2D eigenvalue weighted by atomic mass is 14.9. The molecular weight excluding hydrogens is 266 g/mol. The van der Waals surface area contributed by atoms with Crippen LogP contribution in [0.1, 0.15) is 96.1 Å². The first-order valence-electron chi connectivity index (χ1n) is 9.82. The van der Waals surface area contributed by atoms with E-state index in [1.54, 1.807) is 11.1 Å². The van der Waals surface area contributed by atoms with Crippen LogP contribution in [0.5, 0.6) is 0 Å². The maximum Gasteiger partial charge on any atom is 0.172 e. The Labute approximate surface area is 139 Å². The zero-order chi connectivity index (χ0) is 16.0. The van der Waals surface area contributed by atoms with Gasteiger partial charge in [-0.1, -0.05) is 59.3 Å². The number of rotatable bonds is 13. The Hall–Kier alpha value is -0.850. The molecule has 0 saturated heterocycles. The van der Waals surface area contributed by atoms with Crippen molar-refractivity contribution in [3.05, 3.63) is 29.6 Å². The number of pyridine rings is 1. The Morgan fingerprint density at radius 1 is 0.682 bits per heavy atom. The van der Waals surface area contributed by atoms with Crippen molar-refractivity contribution in [1.29, 1.82) is 0 Å². The Balaban J connectivity index is 2.48. The summed E-state index contributed by atoms with van der Waals surface area (Å²) in [6, 6.07) is 2.39. The molecule has 1 aromatic rings. The third-order valence-electron chi connectivity index (χ3n) is 4.57. The molecule has 0 saturated carbocycles. The van der Waals surface area contributed by atoms with Gasteiger partial charge in [-0.2, -0.15) is 0 Å². The largest absolute Gasteiger partial charge is 0.205 e. The lowest BCUT2D eigenvalue weighted by molar-refractivity contribution is -0.697. The van der Waals surface area contributed by atoms with Crippen LogP contribution in [0.25, 0.3) is 0 Å². The SMILES string of the molecule is CCCCCCCC[n+]1ccc(CCCC)c(CCCC)c1. The smallest absolute Gasteiger partial charge is 0.172 e. The number of hydrogen-bond acceptors (Lipinski definition) is 0. The molecule has 0 fully saturated rings. The normalized spacial score (nSPS) is 11.0. The van der Waals surface area contributed by atoms with Gasteiger partial charge in [0, 0.05) is 18.1 Å². The first kappa shape index (κ1) is 19.2. The molecule has 0 aliphatic heterocycles. The van der Waals surface area contributed by atoms with E-state index < -0.39 is 0 Å². The van der Waals surface area contributed by atoms with Gasteiger partial charge >= 0.3 is 0 Å². The lowest BCUT2D eigenvalue weighted by Crippen LogP contribution is -2.33. The minimum atomic E-state index is 1.19. The highest BCUT2D eigenvalue weighted by Crippen LogP contribution is 2.13. The standard InChI is InChI=1S/C21H38N/c1-4-7-10-11-12-13-17-22-18-16-20(14-8-5-2)21(19-22)15-9-6-3/h16,18-19H,4-15,17H2,1-3H3/q+1. The van der Waals surface area contributed by atoms with Crippen LogP contribution in [0.4, 0.5) is 0 Å². The number of aromatic nitrogens is 1. The van der Waals surface area contributed by atoms with Gasteiger partial charge in [-0.3, -0.25) is 0 Å². The molecule has 1 nitrogen and oxygen atoms in total. The molecule has 1 rings (SSSR count). The monoisotopic (exact) mass is 304 g/mol. The Kier molecular flexibility index (Phi) is 11.1. The number of aryl methyl sites for hydroxylation is 3. The molecule has 22 heavy (non-hydrogen) atoms. The molecule has 0 aromatic carbocycles. The van der Waals surface area contributed by atoms with Crippen LogP contribution in [-0.4, -0.2) is 0 Å². The van der Waals surface area contributed by atoms with Crippen molar-refractivity contribution in [2.45, 2.75) is 104 Å². The Morgan fingerprint density at radius 3 is 1.95 bits per heavy atom. The molecule has 0 unspecified atom stereocenters. The van der Waals surface area contributed by atoms with Crippen molar-refractivity contribution >= 4 is 0 Å². The third-order valence-corrected chi connectivity index (χ3v) is 4.57. The number of nitrogens with zero attached hydrogens (tertiary/aromatic N) is 1. The molecule has 0 aliphatic carbocycles. The summed E-state index contributed by atoms with van der Waals surface area (Å²) in [6.07, 6.45) is 20.8. The van der Waals surface area contributed by atoms with Crippen molar-refractivity contribution in [3.63, 3.8) is 0 Å². The molecule has 1 heterocycles. The summed E-state index contributed by atoms with van der Waals surface area (Å²) in [6.45, 7) is 8.06. The molecule has 0 atom stereocenters. The highest BCUT2D eigenvalue weighted by molar-refractivity contribution is 5.21. The van der Waals surface area contributed by atoms with E-state index in [-0.39, 0.29) is 0 Å². The van der Waals surface area contributed by atoms with E-state index in [1.807, 2.05) is 0 Å². The predicted molar refractivity (Wildman–Crippen MR) is 97.2 cm³/mol. The van der Waals surface area contributed by atoms with Crippen LogP contribution in [0.15, 0.2) is 18.5 Å². The van der Waals surface area contributed by atoms with Gasteiger partial charge in [0.1, 0.15) is 6.54 Å². The number of hydrogen-bond donors (Lipinski definition) is 0. The fourth-order valence-electron chi connectivity index (χ4n) is 3.04. The molecule has 0 aliphatic rings. The van der Waals surface area contributed by atoms with E-state index in [0.717, 1.165) is 0 Å². The van der Waals surface area contributed by atoms with Crippen LogP contribution in [0, 0.1) is 0 Å². The summed E-state index contributed by atoms with van der Waals surface area (Å²) >= 11 is 0. The van der Waals surface area contributed by atoms with E-state index >= 15 is 0 Å². The average molecular weight is 305 g/mol. The zero-order valence-corrected chi connectivity index (χ0v) is 15.4. The summed E-state index contributed by atoms with van der Waals surface area (Å²) in [5, 5.41) is 0. The molecule has 0 bridgehead atoms. The molecule has 126 valence electrons. The van der Waals surface area contributed by atoms with Gasteiger partial charge < -0.3 is 0 Å². The maximum absolute atomic E-state index is 2.44. The fourth-order valence-corrected chi connectivity index (χ4v) is 3.04. The highest BCUT2D eigenvalue weighted by Gasteiger charge is 2.09. The van der Waals surface area contributed by atoms with Gasteiger partial charge in [0.2, 0.25) is 0 Å². The summed E-state index contributed by atoms with van der Waals surface area (Å²) < 4.78 is 2.43. The van der Waals surface area contributed by atoms with Crippen molar-refractivity contribution in [1.82, 2.24) is 0 Å². The van der Waals surface area contributed by atoms with E-state index in [0.29, 0.717) is 0 Å². The quantitative estimate of drug-likeness (QED) is 0.310. The van der Waals surface area contributed by atoms with Crippen molar-refractivity contribution in [2.24, 2.45) is 0 Å². The van der Waals surface area contributed by atoms with Gasteiger partial charge in [-0.25, -0.2) is 4.57 Å². The average Bonchev–Trinajstić information content (AvgIpc) is 2.55. The summed E-state index contributed by atoms with van der Waals surface area (Å²) in [5.74, 6) is 0. The van der Waals surface area contributed by atoms with E-state index in [4.69, 9.17) is 0 Å². The van der Waals surface area contributed by atoms with E-state index in [1.165, 1.54) is 83.6 Å². The number of unbranched alkanes of at least 4 members (excludes halogenated alkanes) is 7. The molecule has 0 N–H and O–H groups in total. The van der Waals surface area contributed by atoms with E-state index in [9.17, 15) is 0 Å². The lowest BCUT2D eigenvalue weighted by Gasteiger charge is -2.08. The fraction of sp³-hybridized carbons (Fsp3) is 0.762. The van der Waals surface area contributed by atoms with Gasteiger partial charge in [0.25, 0.3) is 0 Å². The minimum absolute atomic E-state index is 1.19. The van der Waals surface area contributed by atoms with E-state index in [2.05, 4.69) is 43.8 Å². The molecule has 0 radical (unpaired) electrons. The van der Waals surface area contributed by atoms with Crippen LogP contribution in [-0.2, 0) is 19.4 Å². The first-order chi connectivity index (χ1) is 10.8. The second-order valence-corrected chi connectivity index (χ2v) is 6.71. The molecular formula is C21H38N+. The van der Waals surface area contributed by atoms with Gasteiger partial charge in [0.05, 0.1) is 0 Å². The maximum atomic E-state index is 2.44.